The highest BCUT2D eigenvalue weighted by Gasteiger charge is 2.26. The molecule has 0 atom stereocenters. The quantitative estimate of drug-likeness (QED) is 0.507. The van der Waals surface area contributed by atoms with E-state index in [1.165, 1.54) is 0 Å². The molecule has 0 saturated carbocycles. The van der Waals surface area contributed by atoms with Gasteiger partial charge < -0.3 is 15.0 Å². The van der Waals surface area contributed by atoms with Gasteiger partial charge in [-0.2, -0.15) is 0 Å². The van der Waals surface area contributed by atoms with Crippen LogP contribution in [-0.2, 0) is 17.6 Å². The highest BCUT2D eigenvalue weighted by molar-refractivity contribution is 6.30. The highest BCUT2D eigenvalue weighted by atomic mass is 35.5. The number of aryl methyl sites for hydroxylation is 2. The van der Waals surface area contributed by atoms with Crippen LogP contribution in [0.3, 0.4) is 0 Å². The largest absolute Gasteiger partial charge is 0.444 e. The van der Waals surface area contributed by atoms with E-state index in [1.807, 2.05) is 46.0 Å². The third-order valence-corrected chi connectivity index (χ3v) is 5.94. The van der Waals surface area contributed by atoms with Crippen LogP contribution in [-0.4, -0.2) is 46.5 Å². The van der Waals surface area contributed by atoms with Crippen molar-refractivity contribution >= 4 is 29.2 Å². The fourth-order valence-electron chi connectivity index (χ4n) is 3.99. The van der Waals surface area contributed by atoms with Gasteiger partial charge in [0.1, 0.15) is 5.60 Å². The van der Waals surface area contributed by atoms with Gasteiger partial charge >= 0.3 is 6.09 Å². The van der Waals surface area contributed by atoms with E-state index in [9.17, 15) is 9.59 Å². The minimum absolute atomic E-state index is 0.122. The van der Waals surface area contributed by atoms with Crippen molar-refractivity contribution in [3.05, 3.63) is 58.4 Å². The first-order valence-electron chi connectivity index (χ1n) is 11.6. The van der Waals surface area contributed by atoms with Crippen LogP contribution in [0.25, 0.3) is 0 Å². The highest BCUT2D eigenvalue weighted by Crippen LogP contribution is 2.21. The van der Waals surface area contributed by atoms with E-state index in [4.69, 9.17) is 16.3 Å². The molecule has 7 heteroatoms. The number of nitrogens with one attached hydrogen (secondary N) is 1. The normalized spacial score (nSPS) is 14.8. The predicted molar refractivity (Wildman–Crippen MR) is 132 cm³/mol. The molecule has 1 amide bonds. The van der Waals surface area contributed by atoms with Crippen LogP contribution in [0.5, 0.6) is 0 Å². The number of rotatable bonds is 7. The van der Waals surface area contributed by atoms with Crippen molar-refractivity contribution in [1.29, 1.82) is 0 Å². The smallest absolute Gasteiger partial charge is 0.410 e. The Morgan fingerprint density at radius 2 is 1.91 bits per heavy atom. The van der Waals surface area contributed by atoms with Crippen molar-refractivity contribution in [2.75, 3.05) is 18.4 Å². The molecule has 1 saturated heterocycles. The van der Waals surface area contributed by atoms with E-state index in [1.54, 1.807) is 17.2 Å². The number of ether oxygens (including phenoxy) is 1. The zero-order valence-corrected chi connectivity index (χ0v) is 20.7. The number of nitrogens with zero attached hydrogens (tertiary/aromatic N) is 2. The lowest BCUT2D eigenvalue weighted by Gasteiger charge is -2.34. The maximum absolute atomic E-state index is 12.8. The summed E-state index contributed by atoms with van der Waals surface area (Å²) in [6.07, 6.45) is 6.89. The van der Waals surface area contributed by atoms with Gasteiger partial charge in [-0.15, -0.1) is 0 Å². The standard InChI is InChI=1S/C26H34ClN3O3/c1-5-19-15-20(27)7-8-23(19)24(31)9-6-18-14-22(17-28-16-18)29-21-10-12-30(13-11-21)25(32)33-26(2,3)4/h7-8,14-17,21,29H,5-6,9-13H2,1-4H3. The Morgan fingerprint density at radius 1 is 1.18 bits per heavy atom. The summed E-state index contributed by atoms with van der Waals surface area (Å²) in [6.45, 7) is 8.99. The SMILES string of the molecule is CCc1cc(Cl)ccc1C(=O)CCc1cncc(NC2CCN(C(=O)OC(C)(C)C)CC2)c1. The Bertz CT molecular complexity index is 979. The van der Waals surface area contributed by atoms with Gasteiger partial charge in [-0.3, -0.25) is 9.78 Å². The summed E-state index contributed by atoms with van der Waals surface area (Å²) in [4.78, 5) is 31.1. The lowest BCUT2D eigenvalue weighted by molar-refractivity contribution is 0.0210. The third-order valence-electron chi connectivity index (χ3n) is 5.70. The molecular weight excluding hydrogens is 438 g/mol. The molecule has 1 fully saturated rings. The van der Waals surface area contributed by atoms with E-state index >= 15 is 0 Å². The number of pyridine rings is 1. The number of benzene rings is 1. The minimum Gasteiger partial charge on any atom is -0.444 e. The fourth-order valence-corrected chi connectivity index (χ4v) is 4.19. The Labute approximate surface area is 201 Å². The van der Waals surface area contributed by atoms with Crippen LogP contribution in [0, 0.1) is 0 Å². The average molecular weight is 472 g/mol. The van der Waals surface area contributed by atoms with Crippen LogP contribution < -0.4 is 5.32 Å². The van der Waals surface area contributed by atoms with Crippen molar-refractivity contribution in [2.24, 2.45) is 0 Å². The number of ketones is 1. The van der Waals surface area contributed by atoms with Gasteiger partial charge in [0.05, 0.1) is 5.69 Å². The van der Waals surface area contributed by atoms with Gasteiger partial charge in [0, 0.05) is 48.5 Å². The predicted octanol–water partition coefficient (Wildman–Crippen LogP) is 5.92. The molecule has 178 valence electrons. The van der Waals surface area contributed by atoms with Gasteiger partial charge in [-0.05, 0) is 81.8 Å². The second-order valence-corrected chi connectivity index (χ2v) is 9.98. The maximum atomic E-state index is 12.8. The Morgan fingerprint density at radius 3 is 2.58 bits per heavy atom. The van der Waals surface area contributed by atoms with Gasteiger partial charge in [0.15, 0.2) is 5.78 Å². The number of hydrogen-bond acceptors (Lipinski definition) is 5. The summed E-state index contributed by atoms with van der Waals surface area (Å²) >= 11 is 6.07. The first-order chi connectivity index (χ1) is 15.6. The number of amides is 1. The fraction of sp³-hybridized carbons (Fsp3) is 0.500. The zero-order valence-electron chi connectivity index (χ0n) is 20.0. The zero-order chi connectivity index (χ0) is 24.0. The molecule has 0 bridgehead atoms. The molecule has 0 spiro atoms. The number of aromatic nitrogens is 1. The molecule has 33 heavy (non-hydrogen) atoms. The Kier molecular flexibility index (Phi) is 8.35. The number of carbonyl (C=O) groups excluding carboxylic acids is 2. The summed E-state index contributed by atoms with van der Waals surface area (Å²) in [5.74, 6) is 0.122. The number of likely N-dealkylation sites (tertiary alicyclic amines) is 1. The summed E-state index contributed by atoms with van der Waals surface area (Å²) in [5, 5.41) is 4.19. The molecular formula is C26H34ClN3O3. The molecule has 1 aromatic heterocycles. The number of Topliss-reactive ketones (excluding diaryl/α,β-unsaturated/α-hetero) is 1. The van der Waals surface area contributed by atoms with Crippen LogP contribution in [0.4, 0.5) is 10.5 Å². The number of hydrogen-bond donors (Lipinski definition) is 1. The van der Waals surface area contributed by atoms with Crippen molar-refractivity contribution in [3.8, 4) is 0 Å². The van der Waals surface area contributed by atoms with E-state index in [0.29, 0.717) is 31.0 Å². The molecule has 1 aliphatic heterocycles. The molecule has 2 aromatic rings. The van der Waals surface area contributed by atoms with Crippen LogP contribution in [0.2, 0.25) is 5.02 Å². The van der Waals surface area contributed by atoms with E-state index in [0.717, 1.165) is 41.6 Å². The monoisotopic (exact) mass is 471 g/mol. The van der Waals surface area contributed by atoms with Gasteiger partial charge in [-0.1, -0.05) is 18.5 Å². The summed E-state index contributed by atoms with van der Waals surface area (Å²) in [5.41, 5.74) is 3.22. The number of halogens is 1. The van der Waals surface area contributed by atoms with Crippen LogP contribution >= 0.6 is 11.6 Å². The molecule has 1 N–H and O–H groups in total. The minimum atomic E-state index is -0.481. The maximum Gasteiger partial charge on any atom is 0.410 e. The van der Waals surface area contributed by atoms with Crippen molar-refractivity contribution in [2.45, 2.75) is 71.4 Å². The lowest BCUT2D eigenvalue weighted by Crippen LogP contribution is -2.44. The van der Waals surface area contributed by atoms with E-state index < -0.39 is 5.60 Å². The Balaban J connectivity index is 1.51. The third kappa shape index (κ3) is 7.46. The Hall–Kier alpha value is -2.60. The number of carbonyl (C=O) groups is 2. The molecule has 2 heterocycles. The summed E-state index contributed by atoms with van der Waals surface area (Å²) in [7, 11) is 0. The first kappa shape index (κ1) is 25.0. The first-order valence-corrected chi connectivity index (χ1v) is 12.0. The van der Waals surface area contributed by atoms with Crippen molar-refractivity contribution < 1.29 is 14.3 Å². The van der Waals surface area contributed by atoms with Gasteiger partial charge in [-0.25, -0.2) is 4.79 Å². The van der Waals surface area contributed by atoms with Gasteiger partial charge in [0.2, 0.25) is 0 Å². The molecule has 1 aliphatic rings. The summed E-state index contributed by atoms with van der Waals surface area (Å²) in [6, 6.07) is 7.79. The van der Waals surface area contributed by atoms with Crippen LogP contribution in [0.15, 0.2) is 36.7 Å². The molecule has 3 rings (SSSR count). The average Bonchev–Trinajstić information content (AvgIpc) is 2.77. The molecule has 0 unspecified atom stereocenters. The van der Waals surface area contributed by atoms with Gasteiger partial charge in [0.25, 0.3) is 0 Å². The molecule has 0 aliphatic carbocycles. The lowest BCUT2D eigenvalue weighted by atomic mass is 9.97. The van der Waals surface area contributed by atoms with Crippen molar-refractivity contribution in [3.63, 3.8) is 0 Å². The molecule has 6 nitrogen and oxygen atoms in total. The van der Waals surface area contributed by atoms with Crippen LogP contribution in [0.1, 0.15) is 68.4 Å². The number of anilines is 1. The summed E-state index contributed by atoms with van der Waals surface area (Å²) < 4.78 is 5.47. The number of piperidine rings is 1. The van der Waals surface area contributed by atoms with Crippen molar-refractivity contribution in [1.82, 2.24) is 9.88 Å². The molecule has 1 aromatic carbocycles. The van der Waals surface area contributed by atoms with E-state index in [-0.39, 0.29) is 17.9 Å². The topological polar surface area (TPSA) is 71.5 Å². The second kappa shape index (κ2) is 11.0. The second-order valence-electron chi connectivity index (χ2n) is 9.55. The molecule has 0 radical (unpaired) electrons. The van der Waals surface area contributed by atoms with E-state index in [2.05, 4.69) is 16.4 Å².